The molecular weight excluding hydrogens is 284 g/mol. The van der Waals surface area contributed by atoms with E-state index in [1.54, 1.807) is 0 Å². The zero-order valence-corrected chi connectivity index (χ0v) is 12.2. The summed E-state index contributed by atoms with van der Waals surface area (Å²) in [4.78, 5) is 4.46. The van der Waals surface area contributed by atoms with Crippen LogP contribution < -0.4 is 0 Å². The van der Waals surface area contributed by atoms with E-state index in [2.05, 4.69) is 4.98 Å². The van der Waals surface area contributed by atoms with Gasteiger partial charge in [0.2, 0.25) is 0 Å². The molecule has 0 radical (unpaired) electrons. The summed E-state index contributed by atoms with van der Waals surface area (Å²) in [7, 11) is -2.85. The number of fused-ring (bicyclic) bond motifs is 1. The van der Waals surface area contributed by atoms with Crippen molar-refractivity contribution in [3.8, 4) is 0 Å². The van der Waals surface area contributed by atoms with Crippen LogP contribution in [0.2, 0.25) is 5.15 Å². The molecular formula is C13H15ClN2O2S. The molecule has 0 spiro atoms. The van der Waals surface area contributed by atoms with E-state index in [1.807, 2.05) is 29.5 Å². The molecule has 3 rings (SSSR count). The number of sulfone groups is 1. The van der Waals surface area contributed by atoms with Crippen LogP contribution in [0.1, 0.15) is 30.3 Å². The number of aromatic nitrogens is 2. The minimum atomic E-state index is -2.85. The maximum Gasteiger partial charge on any atom is 0.155 e. The lowest BCUT2D eigenvalue weighted by molar-refractivity contribution is 0.535. The number of halogens is 1. The fourth-order valence-corrected chi connectivity index (χ4v) is 4.44. The van der Waals surface area contributed by atoms with E-state index in [-0.39, 0.29) is 17.4 Å². The van der Waals surface area contributed by atoms with Crippen LogP contribution in [0.4, 0.5) is 0 Å². The highest BCUT2D eigenvalue weighted by molar-refractivity contribution is 7.91. The van der Waals surface area contributed by atoms with E-state index in [0.717, 1.165) is 17.0 Å². The van der Waals surface area contributed by atoms with Gasteiger partial charge in [-0.25, -0.2) is 13.4 Å². The number of nitrogens with zero attached hydrogens (tertiary/aromatic N) is 2. The zero-order valence-electron chi connectivity index (χ0n) is 10.6. The Morgan fingerprint density at radius 1 is 1.32 bits per heavy atom. The molecule has 102 valence electrons. The third kappa shape index (κ3) is 2.25. The highest BCUT2D eigenvalue weighted by Crippen LogP contribution is 2.32. The highest BCUT2D eigenvalue weighted by Gasteiger charge is 2.28. The lowest BCUT2D eigenvalue weighted by Crippen LogP contribution is -2.23. The summed E-state index contributed by atoms with van der Waals surface area (Å²) in [5.74, 6) is 1.56. The van der Waals surface area contributed by atoms with Gasteiger partial charge in [0.05, 0.1) is 17.0 Å². The van der Waals surface area contributed by atoms with Crippen LogP contribution in [-0.4, -0.2) is 29.3 Å². The summed E-state index contributed by atoms with van der Waals surface area (Å²) >= 11 is 6.17. The maximum absolute atomic E-state index is 11.5. The first-order valence-electron chi connectivity index (χ1n) is 6.32. The molecule has 0 bridgehead atoms. The predicted molar refractivity (Wildman–Crippen MR) is 75.6 cm³/mol. The van der Waals surface area contributed by atoms with Crippen molar-refractivity contribution < 1.29 is 8.42 Å². The van der Waals surface area contributed by atoms with Crippen molar-refractivity contribution in [3.63, 3.8) is 0 Å². The second-order valence-electron chi connectivity index (χ2n) is 5.07. The average molecular weight is 299 g/mol. The Kier molecular flexibility index (Phi) is 3.06. The Balaban J connectivity index is 2.07. The Bertz CT molecular complexity index is 722. The van der Waals surface area contributed by atoms with E-state index in [9.17, 15) is 8.42 Å². The number of imidazole rings is 1. The monoisotopic (exact) mass is 298 g/mol. The molecule has 0 N–H and O–H groups in total. The quantitative estimate of drug-likeness (QED) is 0.813. The third-order valence-corrected chi connectivity index (χ3v) is 5.75. The minimum Gasteiger partial charge on any atom is -0.299 e. The number of aryl methyl sites for hydroxylation is 1. The predicted octanol–water partition coefficient (Wildman–Crippen LogP) is 2.59. The normalized spacial score (nSPS) is 19.9. The Hall–Kier alpha value is -1.07. The van der Waals surface area contributed by atoms with Crippen LogP contribution in [0.15, 0.2) is 18.2 Å². The first kappa shape index (κ1) is 12.9. The van der Waals surface area contributed by atoms with Gasteiger partial charge in [0.1, 0.15) is 15.7 Å². The second-order valence-corrected chi connectivity index (χ2v) is 7.74. The van der Waals surface area contributed by atoms with Crippen molar-refractivity contribution in [1.29, 1.82) is 0 Å². The van der Waals surface area contributed by atoms with Gasteiger partial charge >= 0.3 is 0 Å². The van der Waals surface area contributed by atoms with Crippen LogP contribution in [0.25, 0.3) is 5.52 Å². The summed E-state index contributed by atoms with van der Waals surface area (Å²) < 4.78 is 25.1. The SMILES string of the molecule is Cc1cccc2c(Cl)nc(C3CCS(=O)(=O)CC3)n12. The minimum absolute atomic E-state index is 0.171. The van der Waals surface area contributed by atoms with Gasteiger partial charge in [0, 0.05) is 11.6 Å². The van der Waals surface area contributed by atoms with Gasteiger partial charge in [-0.15, -0.1) is 0 Å². The van der Waals surface area contributed by atoms with Gasteiger partial charge in [-0.1, -0.05) is 17.7 Å². The van der Waals surface area contributed by atoms with Crippen molar-refractivity contribution in [2.45, 2.75) is 25.7 Å². The second kappa shape index (κ2) is 4.49. The van der Waals surface area contributed by atoms with Crippen LogP contribution in [0, 0.1) is 6.92 Å². The van der Waals surface area contributed by atoms with Crippen LogP contribution in [0.5, 0.6) is 0 Å². The topological polar surface area (TPSA) is 51.4 Å². The Morgan fingerprint density at radius 3 is 2.68 bits per heavy atom. The Labute approximate surface area is 117 Å². The molecule has 0 atom stereocenters. The van der Waals surface area contributed by atoms with Gasteiger partial charge in [0.15, 0.2) is 5.15 Å². The van der Waals surface area contributed by atoms with Crippen LogP contribution in [0.3, 0.4) is 0 Å². The molecule has 0 aromatic carbocycles. The Morgan fingerprint density at radius 2 is 2.00 bits per heavy atom. The first-order chi connectivity index (χ1) is 8.98. The number of pyridine rings is 1. The van der Waals surface area contributed by atoms with Gasteiger partial charge in [-0.3, -0.25) is 4.40 Å². The molecule has 3 heterocycles. The molecule has 1 aliphatic heterocycles. The largest absolute Gasteiger partial charge is 0.299 e. The number of hydrogen-bond donors (Lipinski definition) is 0. The molecule has 4 nitrogen and oxygen atoms in total. The van der Waals surface area contributed by atoms with E-state index in [1.165, 1.54) is 0 Å². The summed E-state index contributed by atoms with van der Waals surface area (Å²) in [6.45, 7) is 2.01. The summed E-state index contributed by atoms with van der Waals surface area (Å²) in [6, 6.07) is 5.90. The van der Waals surface area contributed by atoms with E-state index >= 15 is 0 Å². The molecule has 0 saturated carbocycles. The third-order valence-electron chi connectivity index (χ3n) is 3.76. The van der Waals surface area contributed by atoms with Crippen molar-refractivity contribution in [1.82, 2.24) is 9.38 Å². The van der Waals surface area contributed by atoms with E-state index < -0.39 is 9.84 Å². The van der Waals surface area contributed by atoms with Gasteiger partial charge < -0.3 is 0 Å². The van der Waals surface area contributed by atoms with Crippen molar-refractivity contribution >= 4 is 27.0 Å². The van der Waals surface area contributed by atoms with Gasteiger partial charge in [-0.2, -0.15) is 0 Å². The molecule has 1 saturated heterocycles. The molecule has 1 aliphatic rings. The van der Waals surface area contributed by atoms with E-state index in [4.69, 9.17) is 11.6 Å². The van der Waals surface area contributed by atoms with E-state index in [0.29, 0.717) is 18.0 Å². The van der Waals surface area contributed by atoms with Crippen LogP contribution in [-0.2, 0) is 9.84 Å². The summed E-state index contributed by atoms with van der Waals surface area (Å²) in [5.41, 5.74) is 1.96. The molecule has 0 unspecified atom stereocenters. The molecule has 19 heavy (non-hydrogen) atoms. The van der Waals surface area contributed by atoms with Crippen molar-refractivity contribution in [2.75, 3.05) is 11.5 Å². The highest BCUT2D eigenvalue weighted by atomic mass is 35.5. The average Bonchev–Trinajstić information content (AvgIpc) is 2.69. The number of rotatable bonds is 1. The van der Waals surface area contributed by atoms with Gasteiger partial charge in [0.25, 0.3) is 0 Å². The maximum atomic E-state index is 11.5. The van der Waals surface area contributed by atoms with Crippen molar-refractivity contribution in [3.05, 3.63) is 34.9 Å². The molecule has 2 aromatic heterocycles. The summed E-state index contributed by atoms with van der Waals surface area (Å²) in [6.07, 6.45) is 1.26. The lowest BCUT2D eigenvalue weighted by Gasteiger charge is -2.21. The molecule has 1 fully saturated rings. The molecule has 0 amide bonds. The van der Waals surface area contributed by atoms with Gasteiger partial charge in [-0.05, 0) is 31.9 Å². The standard InChI is InChI=1S/C13H15ClN2O2S/c1-9-3-2-4-11-12(14)15-13(16(9)11)10-5-7-19(17,18)8-6-10/h2-4,10H,5-8H2,1H3. The zero-order chi connectivity index (χ0) is 13.6. The van der Waals surface area contributed by atoms with Crippen molar-refractivity contribution in [2.24, 2.45) is 0 Å². The lowest BCUT2D eigenvalue weighted by atomic mass is 10.0. The smallest absolute Gasteiger partial charge is 0.155 e. The fourth-order valence-electron chi connectivity index (χ4n) is 2.71. The fraction of sp³-hybridized carbons (Fsp3) is 0.462. The number of hydrogen-bond acceptors (Lipinski definition) is 3. The molecule has 2 aromatic rings. The molecule has 0 aliphatic carbocycles. The summed E-state index contributed by atoms with van der Waals surface area (Å²) in [5, 5.41) is 0.493. The van der Waals surface area contributed by atoms with Crippen LogP contribution >= 0.6 is 11.6 Å². The first-order valence-corrected chi connectivity index (χ1v) is 8.52. The molecule has 6 heteroatoms.